The summed E-state index contributed by atoms with van der Waals surface area (Å²) in [4.78, 5) is 27.0. The van der Waals surface area contributed by atoms with Gasteiger partial charge in [0.15, 0.2) is 11.5 Å². The predicted octanol–water partition coefficient (Wildman–Crippen LogP) is 1.77. The number of ether oxygens (including phenoxy) is 2. The summed E-state index contributed by atoms with van der Waals surface area (Å²) in [6.45, 7) is 7.20. The van der Waals surface area contributed by atoms with Crippen molar-refractivity contribution in [3.05, 3.63) is 62.7 Å². The molecule has 0 aliphatic carbocycles. The van der Waals surface area contributed by atoms with Crippen molar-refractivity contribution < 1.29 is 24.1 Å². The van der Waals surface area contributed by atoms with E-state index in [4.69, 9.17) is 9.47 Å². The first-order valence-corrected chi connectivity index (χ1v) is 9.94. The molecule has 1 aliphatic rings. The molecular formula is C22H28N3O5+. The van der Waals surface area contributed by atoms with Crippen LogP contribution in [-0.4, -0.2) is 56.1 Å². The summed E-state index contributed by atoms with van der Waals surface area (Å²) in [5.74, 6) is 1.15. The Balaban J connectivity index is 1.68. The van der Waals surface area contributed by atoms with Crippen molar-refractivity contribution in [3.63, 3.8) is 0 Å². The summed E-state index contributed by atoms with van der Waals surface area (Å²) >= 11 is 0. The van der Waals surface area contributed by atoms with Gasteiger partial charge in [-0.2, -0.15) is 0 Å². The Morgan fingerprint density at radius 2 is 1.73 bits per heavy atom. The summed E-state index contributed by atoms with van der Waals surface area (Å²) in [6.07, 6.45) is 0. The van der Waals surface area contributed by atoms with E-state index in [9.17, 15) is 14.9 Å². The van der Waals surface area contributed by atoms with Gasteiger partial charge in [-0.25, -0.2) is 0 Å². The van der Waals surface area contributed by atoms with E-state index in [1.807, 2.05) is 19.1 Å². The zero-order valence-electron chi connectivity index (χ0n) is 17.9. The maximum Gasteiger partial charge on any atom is 0.285 e. The van der Waals surface area contributed by atoms with E-state index >= 15 is 0 Å². The van der Waals surface area contributed by atoms with Gasteiger partial charge in [-0.1, -0.05) is 12.1 Å². The minimum absolute atomic E-state index is 0.0989. The van der Waals surface area contributed by atoms with Crippen LogP contribution in [0.1, 0.15) is 27.0 Å². The van der Waals surface area contributed by atoms with E-state index in [1.165, 1.54) is 10.5 Å². The monoisotopic (exact) mass is 414 g/mol. The molecule has 160 valence electrons. The summed E-state index contributed by atoms with van der Waals surface area (Å²) < 4.78 is 10.8. The first-order valence-electron chi connectivity index (χ1n) is 9.94. The number of benzene rings is 2. The number of quaternary nitrogens is 1. The molecule has 8 nitrogen and oxygen atoms in total. The van der Waals surface area contributed by atoms with Crippen molar-refractivity contribution in [2.75, 3.05) is 40.4 Å². The first kappa shape index (κ1) is 21.6. The van der Waals surface area contributed by atoms with Crippen LogP contribution in [0, 0.1) is 24.0 Å². The number of aryl methyl sites for hydroxylation is 2. The van der Waals surface area contributed by atoms with Crippen LogP contribution in [0.2, 0.25) is 0 Å². The summed E-state index contributed by atoms with van der Waals surface area (Å²) in [7, 11) is 3.25. The molecule has 2 aromatic rings. The Kier molecular flexibility index (Phi) is 6.56. The van der Waals surface area contributed by atoms with Gasteiger partial charge in [0, 0.05) is 11.1 Å². The Hall–Kier alpha value is -3.13. The van der Waals surface area contributed by atoms with Crippen LogP contribution in [0.3, 0.4) is 0 Å². The maximum atomic E-state index is 12.9. The highest BCUT2D eigenvalue weighted by atomic mass is 16.6. The molecule has 1 N–H and O–H groups in total. The fraction of sp³-hybridized carbons (Fsp3) is 0.409. The first-order chi connectivity index (χ1) is 14.3. The number of para-hydroxylation sites is 1. The van der Waals surface area contributed by atoms with Crippen LogP contribution in [0.25, 0.3) is 0 Å². The van der Waals surface area contributed by atoms with Gasteiger partial charge in [0.1, 0.15) is 12.1 Å². The van der Waals surface area contributed by atoms with Crippen LogP contribution in [0.5, 0.6) is 11.5 Å². The molecule has 0 radical (unpaired) electrons. The highest BCUT2D eigenvalue weighted by Gasteiger charge is 2.30. The fourth-order valence-corrected chi connectivity index (χ4v) is 3.93. The molecule has 30 heavy (non-hydrogen) atoms. The predicted molar refractivity (Wildman–Crippen MR) is 112 cm³/mol. The second-order valence-corrected chi connectivity index (χ2v) is 7.58. The van der Waals surface area contributed by atoms with Gasteiger partial charge in [0.25, 0.3) is 11.6 Å². The molecule has 1 aliphatic heterocycles. The number of nitro groups is 1. The quantitative estimate of drug-likeness (QED) is 0.575. The van der Waals surface area contributed by atoms with Crippen molar-refractivity contribution in [2.45, 2.75) is 20.4 Å². The third-order valence-electron chi connectivity index (χ3n) is 5.69. The molecular weight excluding hydrogens is 386 g/mol. The second-order valence-electron chi connectivity index (χ2n) is 7.58. The van der Waals surface area contributed by atoms with E-state index in [1.54, 1.807) is 44.2 Å². The highest BCUT2D eigenvalue weighted by molar-refractivity contribution is 5.98. The third-order valence-corrected chi connectivity index (χ3v) is 5.69. The molecule has 0 bridgehead atoms. The Morgan fingerprint density at radius 1 is 1.10 bits per heavy atom. The third kappa shape index (κ3) is 4.38. The van der Waals surface area contributed by atoms with Gasteiger partial charge in [0.05, 0.1) is 45.3 Å². The van der Waals surface area contributed by atoms with Crippen LogP contribution in [0.15, 0.2) is 30.3 Å². The number of nitrogens with one attached hydrogen (secondary N) is 1. The number of amides is 1. The van der Waals surface area contributed by atoms with Crippen LogP contribution >= 0.6 is 0 Å². The summed E-state index contributed by atoms with van der Waals surface area (Å²) in [6, 6.07) is 8.87. The fourth-order valence-electron chi connectivity index (χ4n) is 3.93. The van der Waals surface area contributed by atoms with E-state index in [0.29, 0.717) is 30.2 Å². The number of carbonyl (C=O) groups excluding carboxylic acids is 1. The summed E-state index contributed by atoms with van der Waals surface area (Å²) in [5, 5.41) is 11.4. The number of nitrogens with zero attached hydrogens (tertiary/aromatic N) is 2. The van der Waals surface area contributed by atoms with Gasteiger partial charge in [0.2, 0.25) is 0 Å². The van der Waals surface area contributed by atoms with Gasteiger partial charge in [-0.15, -0.1) is 0 Å². The average molecular weight is 414 g/mol. The molecule has 3 rings (SSSR count). The zero-order chi connectivity index (χ0) is 21.8. The average Bonchev–Trinajstić information content (AvgIpc) is 2.74. The van der Waals surface area contributed by atoms with E-state index < -0.39 is 4.92 Å². The number of nitro benzene ring substituents is 1. The molecule has 0 unspecified atom stereocenters. The van der Waals surface area contributed by atoms with Gasteiger partial charge in [-0.05, 0) is 37.6 Å². The molecule has 1 amide bonds. The van der Waals surface area contributed by atoms with Crippen molar-refractivity contribution in [2.24, 2.45) is 0 Å². The molecule has 1 saturated heterocycles. The van der Waals surface area contributed by atoms with Crippen LogP contribution in [0.4, 0.5) is 5.69 Å². The molecule has 8 heteroatoms. The number of methoxy groups -OCH3 is 2. The van der Waals surface area contributed by atoms with Crippen molar-refractivity contribution >= 4 is 11.6 Å². The van der Waals surface area contributed by atoms with Crippen molar-refractivity contribution in [3.8, 4) is 11.5 Å². The van der Waals surface area contributed by atoms with Crippen LogP contribution in [-0.2, 0) is 6.54 Å². The molecule has 0 spiro atoms. The standard InChI is InChI=1S/C22H27N3O5/c1-15-6-5-7-18(21(15)25(27)28)22(26)24-10-8-23(9-11-24)14-17-13-20(30-4)19(29-3)12-16(17)2/h5-7,12-13H,8-11,14H2,1-4H3/p+1. The number of piperazine rings is 1. The lowest BCUT2D eigenvalue weighted by atomic mass is 10.1. The van der Waals surface area contributed by atoms with Crippen molar-refractivity contribution in [1.29, 1.82) is 0 Å². The Labute approximate surface area is 176 Å². The lowest BCUT2D eigenvalue weighted by Gasteiger charge is -2.32. The normalized spacial score (nSPS) is 14.5. The molecule has 0 aromatic heterocycles. The number of carbonyl (C=O) groups is 1. The second kappa shape index (κ2) is 9.13. The minimum atomic E-state index is -0.468. The molecule has 2 aromatic carbocycles. The number of rotatable bonds is 6. The molecule has 0 atom stereocenters. The lowest BCUT2D eigenvalue weighted by Crippen LogP contribution is -3.13. The van der Waals surface area contributed by atoms with E-state index in [2.05, 4.69) is 0 Å². The van der Waals surface area contributed by atoms with Crippen LogP contribution < -0.4 is 14.4 Å². The van der Waals surface area contributed by atoms with E-state index in [-0.39, 0.29) is 17.2 Å². The number of hydrogen-bond acceptors (Lipinski definition) is 5. The lowest BCUT2D eigenvalue weighted by molar-refractivity contribution is -0.917. The largest absolute Gasteiger partial charge is 0.493 e. The van der Waals surface area contributed by atoms with Gasteiger partial charge < -0.3 is 19.3 Å². The molecule has 1 fully saturated rings. The Bertz CT molecular complexity index is 952. The molecule has 1 heterocycles. The zero-order valence-corrected chi connectivity index (χ0v) is 17.9. The number of hydrogen-bond donors (Lipinski definition) is 1. The smallest absolute Gasteiger partial charge is 0.285 e. The van der Waals surface area contributed by atoms with Gasteiger partial charge >= 0.3 is 0 Å². The summed E-state index contributed by atoms with van der Waals surface area (Å²) in [5.41, 5.74) is 2.88. The van der Waals surface area contributed by atoms with Gasteiger partial charge in [-0.3, -0.25) is 14.9 Å². The highest BCUT2D eigenvalue weighted by Crippen LogP contribution is 2.30. The minimum Gasteiger partial charge on any atom is -0.493 e. The Morgan fingerprint density at radius 3 is 2.33 bits per heavy atom. The van der Waals surface area contributed by atoms with Crippen molar-refractivity contribution in [1.82, 2.24) is 4.90 Å². The SMILES string of the molecule is COc1cc(C)c(C[NH+]2CCN(C(=O)c3cccc(C)c3[N+](=O)[O-])CC2)cc1OC. The topological polar surface area (TPSA) is 86.4 Å². The van der Waals surface area contributed by atoms with E-state index in [0.717, 1.165) is 25.2 Å². The molecule has 0 saturated carbocycles. The maximum absolute atomic E-state index is 12.9.